The third kappa shape index (κ3) is 2.91. The summed E-state index contributed by atoms with van der Waals surface area (Å²) in [6, 6.07) is 7.99. The molecular weight excluding hydrogens is 232 g/mol. The minimum atomic E-state index is -0.854. The van der Waals surface area contributed by atoms with Crippen molar-refractivity contribution in [3.05, 3.63) is 41.2 Å². The molecule has 2 rings (SSSR count). The first-order valence-corrected chi connectivity index (χ1v) is 5.68. The van der Waals surface area contributed by atoms with E-state index >= 15 is 0 Å². The molecule has 2 aromatic rings. The molecule has 1 aromatic carbocycles. The average molecular weight is 246 g/mol. The van der Waals surface area contributed by atoms with Gasteiger partial charge < -0.3 is 5.11 Å². The van der Waals surface area contributed by atoms with Gasteiger partial charge in [-0.3, -0.25) is 4.79 Å². The lowest BCUT2D eigenvalue weighted by Gasteiger charge is -2.05. The van der Waals surface area contributed by atoms with Crippen LogP contribution in [-0.4, -0.2) is 31.3 Å². The Morgan fingerprint density at radius 3 is 2.89 bits per heavy atom. The summed E-state index contributed by atoms with van der Waals surface area (Å²) in [7, 11) is 0. The number of aromatic nitrogens is 4. The number of tetrazole rings is 1. The Hall–Kier alpha value is -2.24. The fraction of sp³-hybridized carbons (Fsp3) is 0.333. The molecule has 94 valence electrons. The smallest absolute Gasteiger partial charge is 0.305 e. The van der Waals surface area contributed by atoms with E-state index in [0.29, 0.717) is 18.8 Å². The van der Waals surface area contributed by atoms with Crippen LogP contribution >= 0.6 is 0 Å². The molecule has 0 spiro atoms. The Kier molecular flexibility index (Phi) is 3.66. The average Bonchev–Trinajstić information content (AvgIpc) is 2.77. The van der Waals surface area contributed by atoms with E-state index in [1.807, 2.05) is 31.2 Å². The van der Waals surface area contributed by atoms with Crippen LogP contribution in [0.5, 0.6) is 0 Å². The van der Waals surface area contributed by atoms with Gasteiger partial charge in [0.05, 0.1) is 13.0 Å². The molecule has 0 fully saturated rings. The molecule has 0 aliphatic rings. The highest BCUT2D eigenvalue weighted by Gasteiger charge is 2.09. The van der Waals surface area contributed by atoms with E-state index in [0.717, 1.165) is 5.56 Å². The third-order valence-electron chi connectivity index (χ3n) is 2.75. The number of carboxylic acid groups (broad SMARTS) is 1. The van der Waals surface area contributed by atoms with Gasteiger partial charge in [-0.05, 0) is 28.5 Å². The Morgan fingerprint density at radius 2 is 2.17 bits per heavy atom. The standard InChI is InChI=1S/C12H14N4O2/c1-9-4-2-3-5-10(9)8-11-13-14-15-16(11)7-6-12(17)18/h2-5H,6-8H2,1H3,(H,17,18). The first-order chi connectivity index (χ1) is 8.66. The minimum Gasteiger partial charge on any atom is -0.481 e. The van der Waals surface area contributed by atoms with E-state index in [1.165, 1.54) is 5.56 Å². The maximum Gasteiger partial charge on any atom is 0.305 e. The summed E-state index contributed by atoms with van der Waals surface area (Å²) >= 11 is 0. The lowest BCUT2D eigenvalue weighted by molar-refractivity contribution is -0.137. The van der Waals surface area contributed by atoms with Gasteiger partial charge in [0.2, 0.25) is 0 Å². The molecule has 1 N–H and O–H groups in total. The van der Waals surface area contributed by atoms with Crippen LogP contribution in [0.1, 0.15) is 23.4 Å². The van der Waals surface area contributed by atoms with Gasteiger partial charge in [-0.2, -0.15) is 0 Å². The van der Waals surface area contributed by atoms with E-state index in [1.54, 1.807) is 4.68 Å². The summed E-state index contributed by atoms with van der Waals surface area (Å²) in [4.78, 5) is 10.5. The Morgan fingerprint density at radius 1 is 1.39 bits per heavy atom. The Labute approximate surface area is 104 Å². The zero-order valence-electron chi connectivity index (χ0n) is 10.1. The van der Waals surface area contributed by atoms with Crippen molar-refractivity contribution in [3.63, 3.8) is 0 Å². The largest absolute Gasteiger partial charge is 0.481 e. The molecule has 0 atom stereocenters. The van der Waals surface area contributed by atoms with E-state index < -0.39 is 5.97 Å². The molecule has 0 saturated heterocycles. The van der Waals surface area contributed by atoms with Gasteiger partial charge in [-0.15, -0.1) is 5.10 Å². The van der Waals surface area contributed by atoms with Gasteiger partial charge in [-0.1, -0.05) is 24.3 Å². The van der Waals surface area contributed by atoms with Crippen molar-refractivity contribution >= 4 is 5.97 Å². The molecule has 0 radical (unpaired) electrons. The van der Waals surface area contributed by atoms with Crippen molar-refractivity contribution in [2.45, 2.75) is 26.3 Å². The number of hydrogen-bond donors (Lipinski definition) is 1. The quantitative estimate of drug-likeness (QED) is 0.852. The second kappa shape index (κ2) is 5.39. The molecule has 0 unspecified atom stereocenters. The van der Waals surface area contributed by atoms with E-state index in [4.69, 9.17) is 5.11 Å². The SMILES string of the molecule is Cc1ccccc1Cc1nnnn1CCC(=O)O. The number of benzene rings is 1. The number of hydrogen-bond acceptors (Lipinski definition) is 4. The molecule has 1 heterocycles. The fourth-order valence-electron chi connectivity index (χ4n) is 1.70. The van der Waals surface area contributed by atoms with Crippen LogP contribution in [0.3, 0.4) is 0 Å². The van der Waals surface area contributed by atoms with Crippen LogP contribution in [0.25, 0.3) is 0 Å². The van der Waals surface area contributed by atoms with Crippen LogP contribution in [0, 0.1) is 6.92 Å². The van der Waals surface area contributed by atoms with E-state index in [-0.39, 0.29) is 6.42 Å². The first kappa shape index (κ1) is 12.2. The Balaban J connectivity index is 2.12. The predicted octanol–water partition coefficient (Wildman–Crippen LogP) is 1.05. The van der Waals surface area contributed by atoms with Crippen molar-refractivity contribution in [1.82, 2.24) is 20.2 Å². The summed E-state index contributed by atoms with van der Waals surface area (Å²) in [6.07, 6.45) is 0.630. The molecule has 1 aromatic heterocycles. The van der Waals surface area contributed by atoms with Gasteiger partial charge in [0.1, 0.15) is 0 Å². The molecule has 0 aliphatic carbocycles. The summed E-state index contributed by atoms with van der Waals surface area (Å²) in [6.45, 7) is 2.32. The number of carboxylic acids is 1. The minimum absolute atomic E-state index is 0.0197. The van der Waals surface area contributed by atoms with Crippen LogP contribution in [0.4, 0.5) is 0 Å². The summed E-state index contributed by atoms with van der Waals surface area (Å²) < 4.78 is 1.54. The first-order valence-electron chi connectivity index (χ1n) is 5.68. The maximum atomic E-state index is 10.5. The molecule has 0 saturated carbocycles. The topological polar surface area (TPSA) is 80.9 Å². The molecule has 6 heteroatoms. The van der Waals surface area contributed by atoms with Crippen LogP contribution < -0.4 is 0 Å². The summed E-state index contributed by atoms with van der Waals surface area (Å²) in [5.41, 5.74) is 2.31. The van der Waals surface area contributed by atoms with Gasteiger partial charge in [0.15, 0.2) is 5.82 Å². The number of aryl methyl sites for hydroxylation is 2. The molecule has 18 heavy (non-hydrogen) atoms. The Bertz CT molecular complexity index is 551. The van der Waals surface area contributed by atoms with Crippen molar-refractivity contribution in [3.8, 4) is 0 Å². The lowest BCUT2D eigenvalue weighted by atomic mass is 10.1. The number of aliphatic carboxylic acids is 1. The van der Waals surface area contributed by atoms with E-state index in [2.05, 4.69) is 15.5 Å². The van der Waals surface area contributed by atoms with Gasteiger partial charge in [-0.25, -0.2) is 4.68 Å². The molecule has 0 aliphatic heterocycles. The number of rotatable bonds is 5. The molecule has 6 nitrogen and oxygen atoms in total. The van der Waals surface area contributed by atoms with Gasteiger partial charge in [0.25, 0.3) is 0 Å². The predicted molar refractivity (Wildman–Crippen MR) is 64.1 cm³/mol. The van der Waals surface area contributed by atoms with Crippen molar-refractivity contribution in [2.24, 2.45) is 0 Å². The van der Waals surface area contributed by atoms with Crippen molar-refractivity contribution < 1.29 is 9.90 Å². The van der Waals surface area contributed by atoms with Gasteiger partial charge in [0, 0.05) is 6.42 Å². The van der Waals surface area contributed by atoms with Crippen molar-refractivity contribution in [2.75, 3.05) is 0 Å². The summed E-state index contributed by atoms with van der Waals surface area (Å²) in [5, 5.41) is 20.0. The fourth-order valence-corrected chi connectivity index (χ4v) is 1.70. The normalized spacial score (nSPS) is 10.5. The monoisotopic (exact) mass is 246 g/mol. The zero-order chi connectivity index (χ0) is 13.0. The molecule has 0 amide bonds. The zero-order valence-corrected chi connectivity index (χ0v) is 10.1. The maximum absolute atomic E-state index is 10.5. The number of nitrogens with zero attached hydrogens (tertiary/aromatic N) is 4. The highest BCUT2D eigenvalue weighted by molar-refractivity contribution is 5.66. The molecular formula is C12H14N4O2. The highest BCUT2D eigenvalue weighted by atomic mass is 16.4. The van der Waals surface area contributed by atoms with Gasteiger partial charge >= 0.3 is 5.97 Å². The second-order valence-corrected chi connectivity index (χ2v) is 4.07. The third-order valence-corrected chi connectivity index (χ3v) is 2.75. The number of carbonyl (C=O) groups is 1. The van der Waals surface area contributed by atoms with Crippen LogP contribution in [0.15, 0.2) is 24.3 Å². The van der Waals surface area contributed by atoms with Crippen LogP contribution in [-0.2, 0) is 17.8 Å². The van der Waals surface area contributed by atoms with Crippen LogP contribution in [0.2, 0.25) is 0 Å². The second-order valence-electron chi connectivity index (χ2n) is 4.07. The highest BCUT2D eigenvalue weighted by Crippen LogP contribution is 2.11. The summed E-state index contributed by atoms with van der Waals surface area (Å²) in [5.74, 6) is -0.169. The van der Waals surface area contributed by atoms with E-state index in [9.17, 15) is 4.79 Å². The lowest BCUT2D eigenvalue weighted by Crippen LogP contribution is -2.10. The molecule has 0 bridgehead atoms. The van der Waals surface area contributed by atoms with Crippen molar-refractivity contribution in [1.29, 1.82) is 0 Å².